The molecule has 4 aliphatic carbocycles. The van der Waals surface area contributed by atoms with Gasteiger partial charge in [0.05, 0.1) is 5.41 Å². The standard InChI is InChI=1S/C34H24/c1-2-10-21-18-26-22(17-20(21)9-1)19-27-31-25-13-5-8-16-30(25)34(33(31)32(26)27)28-14-6-3-11-23(28)24-12-4-7-15-29(24)34/h1-18,27,31-33H,19H2/t27-,31?,32-,33+/m0/s1. The van der Waals surface area contributed by atoms with Gasteiger partial charge in [0.1, 0.15) is 0 Å². The number of hydrogen-bond donors (Lipinski definition) is 0. The Balaban J connectivity index is 1.37. The molecule has 0 nitrogen and oxygen atoms in total. The Labute approximate surface area is 199 Å². The van der Waals surface area contributed by atoms with Crippen LogP contribution in [0.3, 0.4) is 0 Å². The maximum Gasteiger partial charge on any atom is 0.0506 e. The van der Waals surface area contributed by atoms with Crippen LogP contribution in [0.4, 0.5) is 0 Å². The first-order valence-electron chi connectivity index (χ1n) is 12.7. The lowest BCUT2D eigenvalue weighted by molar-refractivity contribution is 0.0895. The van der Waals surface area contributed by atoms with Crippen LogP contribution in [0.5, 0.6) is 0 Å². The number of rotatable bonds is 0. The van der Waals surface area contributed by atoms with Crippen LogP contribution in [0.15, 0.2) is 109 Å². The van der Waals surface area contributed by atoms with Gasteiger partial charge in [-0.15, -0.1) is 0 Å². The molecule has 0 heteroatoms. The van der Waals surface area contributed by atoms with Crippen LogP contribution < -0.4 is 0 Å². The third kappa shape index (κ3) is 1.81. The Bertz CT molecular complexity index is 1630. The second-order valence-electron chi connectivity index (χ2n) is 10.8. The number of fused-ring (bicyclic) bond motifs is 16. The molecule has 5 aromatic carbocycles. The van der Waals surface area contributed by atoms with Crippen LogP contribution in [0.1, 0.15) is 45.2 Å². The van der Waals surface area contributed by atoms with Gasteiger partial charge in [-0.25, -0.2) is 0 Å². The van der Waals surface area contributed by atoms with Crippen LogP contribution in [0.25, 0.3) is 21.9 Å². The van der Waals surface area contributed by atoms with E-state index in [9.17, 15) is 0 Å². The molecule has 1 saturated carbocycles. The molecule has 34 heavy (non-hydrogen) atoms. The lowest BCUT2D eigenvalue weighted by atomic mass is 9.49. The van der Waals surface area contributed by atoms with Crippen molar-refractivity contribution >= 4 is 10.8 Å². The molecule has 9 rings (SSSR count). The van der Waals surface area contributed by atoms with Gasteiger partial charge in [-0.2, -0.15) is 0 Å². The summed E-state index contributed by atoms with van der Waals surface area (Å²) in [5.41, 5.74) is 12.3. The largest absolute Gasteiger partial charge is 0.0620 e. The molecule has 1 fully saturated rings. The third-order valence-corrected chi connectivity index (χ3v) is 9.76. The van der Waals surface area contributed by atoms with Gasteiger partial charge >= 0.3 is 0 Å². The maximum atomic E-state index is 2.54. The summed E-state index contributed by atoms with van der Waals surface area (Å²) in [4.78, 5) is 0. The smallest absolute Gasteiger partial charge is 0.0506 e. The van der Waals surface area contributed by atoms with Crippen molar-refractivity contribution in [2.45, 2.75) is 23.7 Å². The monoisotopic (exact) mass is 432 g/mol. The molecule has 160 valence electrons. The Kier molecular flexibility index (Phi) is 3.08. The molecule has 0 amide bonds. The minimum atomic E-state index is -0.0388. The van der Waals surface area contributed by atoms with Crippen molar-refractivity contribution in [1.82, 2.24) is 0 Å². The van der Waals surface area contributed by atoms with Crippen LogP contribution in [-0.2, 0) is 11.8 Å². The fourth-order valence-electron chi connectivity index (χ4n) is 8.77. The zero-order chi connectivity index (χ0) is 22.0. The molecule has 1 spiro atoms. The first-order chi connectivity index (χ1) is 16.9. The summed E-state index contributed by atoms with van der Waals surface area (Å²) in [6.45, 7) is 0. The summed E-state index contributed by atoms with van der Waals surface area (Å²) >= 11 is 0. The predicted octanol–water partition coefficient (Wildman–Crippen LogP) is 7.84. The average Bonchev–Trinajstić information content (AvgIpc) is 3.44. The zero-order valence-corrected chi connectivity index (χ0v) is 18.9. The molecule has 0 heterocycles. The van der Waals surface area contributed by atoms with Crippen molar-refractivity contribution in [2.24, 2.45) is 11.8 Å². The molecule has 0 saturated heterocycles. The maximum absolute atomic E-state index is 2.54. The van der Waals surface area contributed by atoms with Gasteiger partial charge in [-0.3, -0.25) is 0 Å². The lowest BCUT2D eigenvalue weighted by Gasteiger charge is -2.53. The fourth-order valence-corrected chi connectivity index (χ4v) is 8.77. The normalized spacial score (nSPS) is 25.8. The summed E-state index contributed by atoms with van der Waals surface area (Å²) in [6, 6.07) is 41.9. The molecular formula is C34H24. The molecule has 4 aliphatic rings. The van der Waals surface area contributed by atoms with Gasteiger partial charge < -0.3 is 0 Å². The summed E-state index contributed by atoms with van der Waals surface area (Å²) in [7, 11) is 0. The van der Waals surface area contributed by atoms with Crippen LogP contribution >= 0.6 is 0 Å². The fraction of sp³-hybridized carbons (Fsp3) is 0.176. The van der Waals surface area contributed by atoms with Gasteiger partial charge in [0.25, 0.3) is 0 Å². The summed E-state index contributed by atoms with van der Waals surface area (Å²) in [5, 5.41) is 2.78. The Hall–Kier alpha value is -3.64. The topological polar surface area (TPSA) is 0 Å². The molecule has 0 aromatic heterocycles. The molecule has 0 N–H and O–H groups in total. The van der Waals surface area contributed by atoms with Crippen LogP contribution in [0, 0.1) is 11.8 Å². The van der Waals surface area contributed by atoms with Crippen molar-refractivity contribution in [2.75, 3.05) is 0 Å². The quantitative estimate of drug-likeness (QED) is 0.234. The average molecular weight is 433 g/mol. The van der Waals surface area contributed by atoms with Gasteiger partial charge in [0.15, 0.2) is 0 Å². The molecule has 4 atom stereocenters. The Morgan fingerprint density at radius 1 is 0.529 bits per heavy atom. The summed E-state index contributed by atoms with van der Waals surface area (Å²) in [5.74, 6) is 2.56. The van der Waals surface area contributed by atoms with Gasteiger partial charge in [-0.1, -0.05) is 109 Å². The van der Waals surface area contributed by atoms with Gasteiger partial charge in [-0.05, 0) is 85.4 Å². The molecule has 0 aliphatic heterocycles. The second-order valence-corrected chi connectivity index (χ2v) is 10.8. The second kappa shape index (κ2) is 5.88. The molecule has 1 unspecified atom stereocenters. The minimum absolute atomic E-state index is 0.0388. The zero-order valence-electron chi connectivity index (χ0n) is 18.9. The highest BCUT2D eigenvalue weighted by Gasteiger charge is 2.69. The molecular weight excluding hydrogens is 408 g/mol. The van der Waals surface area contributed by atoms with E-state index in [1.807, 2.05) is 0 Å². The van der Waals surface area contributed by atoms with E-state index >= 15 is 0 Å². The summed E-state index contributed by atoms with van der Waals surface area (Å²) < 4.78 is 0. The van der Waals surface area contributed by atoms with E-state index in [1.165, 1.54) is 39.4 Å². The van der Waals surface area contributed by atoms with Crippen molar-refractivity contribution in [3.8, 4) is 11.1 Å². The highest BCUT2D eigenvalue weighted by atomic mass is 14.7. The molecule has 0 bridgehead atoms. The molecule has 5 aromatic rings. The number of benzene rings is 5. The van der Waals surface area contributed by atoms with Crippen molar-refractivity contribution < 1.29 is 0 Å². The van der Waals surface area contributed by atoms with E-state index in [0.717, 1.165) is 5.92 Å². The van der Waals surface area contributed by atoms with E-state index < -0.39 is 0 Å². The minimum Gasteiger partial charge on any atom is -0.0620 e. The van der Waals surface area contributed by atoms with Gasteiger partial charge in [0, 0.05) is 0 Å². The van der Waals surface area contributed by atoms with E-state index in [0.29, 0.717) is 17.8 Å². The SMILES string of the molecule is c1ccc2c(c1)-c1ccccc1C21c2ccccc2C2[C@@H]1[C@H]1c3cc4ccccc4cc3C[C@@H]21. The van der Waals surface area contributed by atoms with E-state index in [4.69, 9.17) is 0 Å². The Morgan fingerprint density at radius 2 is 1.09 bits per heavy atom. The predicted molar refractivity (Wildman–Crippen MR) is 138 cm³/mol. The van der Waals surface area contributed by atoms with Crippen LogP contribution in [-0.4, -0.2) is 0 Å². The van der Waals surface area contributed by atoms with Crippen molar-refractivity contribution in [1.29, 1.82) is 0 Å². The van der Waals surface area contributed by atoms with Crippen LogP contribution in [0.2, 0.25) is 0 Å². The first kappa shape index (κ1) is 17.8. The molecule has 0 radical (unpaired) electrons. The van der Waals surface area contributed by atoms with E-state index in [-0.39, 0.29) is 5.41 Å². The first-order valence-corrected chi connectivity index (χ1v) is 12.7. The number of hydrogen-bond acceptors (Lipinski definition) is 0. The highest BCUT2D eigenvalue weighted by Crippen LogP contribution is 2.77. The van der Waals surface area contributed by atoms with Crippen molar-refractivity contribution in [3.05, 3.63) is 143 Å². The summed E-state index contributed by atoms with van der Waals surface area (Å²) in [6.07, 6.45) is 1.22. The van der Waals surface area contributed by atoms with E-state index in [1.54, 1.807) is 22.3 Å². The third-order valence-electron chi connectivity index (χ3n) is 9.76. The lowest BCUT2D eigenvalue weighted by Crippen LogP contribution is -2.48. The van der Waals surface area contributed by atoms with E-state index in [2.05, 4.69) is 109 Å². The van der Waals surface area contributed by atoms with Crippen molar-refractivity contribution in [3.63, 3.8) is 0 Å². The van der Waals surface area contributed by atoms with Gasteiger partial charge in [0.2, 0.25) is 0 Å². The highest BCUT2D eigenvalue weighted by molar-refractivity contribution is 5.87. The Morgan fingerprint density at radius 3 is 1.82 bits per heavy atom.